The normalized spacial score (nSPS) is 10.6. The second-order valence-electron chi connectivity index (χ2n) is 6.93. The maximum absolute atomic E-state index is 15.0. The van der Waals surface area contributed by atoms with Crippen molar-refractivity contribution >= 4 is 35.1 Å². The van der Waals surface area contributed by atoms with E-state index in [2.05, 4.69) is 15.3 Å². The van der Waals surface area contributed by atoms with Gasteiger partial charge in [-0.1, -0.05) is 29.3 Å². The van der Waals surface area contributed by atoms with Crippen LogP contribution in [0.2, 0.25) is 10.2 Å². The van der Waals surface area contributed by atoms with E-state index in [1.807, 2.05) is 6.07 Å². The number of nitriles is 1. The molecule has 0 unspecified atom stereocenters. The maximum atomic E-state index is 15.0. The number of carbonyl (C=O) groups is 2. The Balaban J connectivity index is 0.000000604. The number of nitrogens with one attached hydrogen (secondary N) is 2. The van der Waals surface area contributed by atoms with Crippen molar-refractivity contribution < 1.29 is 41.7 Å². The molecule has 0 aliphatic carbocycles. The number of nitrogens with zero attached hydrogens (tertiary/aromatic N) is 2. The lowest BCUT2D eigenvalue weighted by atomic mass is 10.2. The number of amides is 1. The van der Waals surface area contributed by atoms with Crippen LogP contribution in [0.1, 0.15) is 27.4 Å². The molecule has 1 amide bonds. The highest BCUT2D eigenvalue weighted by Crippen LogP contribution is 2.35. The van der Waals surface area contributed by atoms with Gasteiger partial charge < -0.3 is 24.9 Å². The molecule has 0 bridgehead atoms. The van der Waals surface area contributed by atoms with E-state index in [0.29, 0.717) is 11.6 Å². The molecule has 3 aromatic rings. The molecule has 2 aromatic carbocycles. The predicted molar refractivity (Wildman–Crippen MR) is 122 cm³/mol. The third-order valence-electron chi connectivity index (χ3n) is 4.27. The highest BCUT2D eigenvalue weighted by molar-refractivity contribution is 6.32. The Hall–Kier alpha value is -4.02. The number of H-pyrrole nitrogens is 1. The monoisotopic (exact) mass is 562 g/mol. The number of imidazole rings is 1. The number of rotatable bonds is 6. The predicted octanol–water partition coefficient (Wildman–Crippen LogP) is 5.40. The minimum atomic E-state index is -5.08. The summed E-state index contributed by atoms with van der Waals surface area (Å²) in [7, 11) is 1.43. The summed E-state index contributed by atoms with van der Waals surface area (Å²) in [5.41, 5.74) is 0.422. The van der Waals surface area contributed by atoms with Gasteiger partial charge in [0.15, 0.2) is 17.3 Å². The van der Waals surface area contributed by atoms with E-state index >= 15 is 4.39 Å². The average Bonchev–Trinajstić information content (AvgIpc) is 3.18. The van der Waals surface area contributed by atoms with Crippen molar-refractivity contribution in [2.24, 2.45) is 0 Å². The van der Waals surface area contributed by atoms with Crippen molar-refractivity contribution in [3.8, 4) is 23.3 Å². The number of methoxy groups -OCH3 is 1. The van der Waals surface area contributed by atoms with Crippen molar-refractivity contribution in [3.63, 3.8) is 0 Å². The lowest BCUT2D eigenvalue weighted by molar-refractivity contribution is -0.192. The van der Waals surface area contributed by atoms with Crippen molar-refractivity contribution in [1.29, 1.82) is 5.26 Å². The van der Waals surface area contributed by atoms with Gasteiger partial charge in [-0.3, -0.25) is 4.79 Å². The molecule has 0 fully saturated rings. The fourth-order valence-corrected chi connectivity index (χ4v) is 3.06. The number of hydrogen-bond donors (Lipinski definition) is 3. The Morgan fingerprint density at radius 2 is 1.84 bits per heavy atom. The minimum Gasteiger partial charge on any atom is -0.497 e. The molecule has 3 rings (SSSR count). The van der Waals surface area contributed by atoms with Crippen LogP contribution in [0.4, 0.5) is 17.6 Å². The van der Waals surface area contributed by atoms with Crippen LogP contribution < -0.4 is 14.8 Å². The second kappa shape index (κ2) is 12.3. The third-order valence-corrected chi connectivity index (χ3v) is 4.84. The second-order valence-corrected chi connectivity index (χ2v) is 7.72. The Labute approximate surface area is 216 Å². The topological polar surface area (TPSA) is 137 Å². The molecule has 0 atom stereocenters. The number of aliphatic carboxylic acids is 1. The van der Waals surface area contributed by atoms with Crippen LogP contribution in [0.3, 0.4) is 0 Å². The summed E-state index contributed by atoms with van der Waals surface area (Å²) in [6, 6.07) is 9.27. The molecule has 0 radical (unpaired) electrons. The van der Waals surface area contributed by atoms with Crippen LogP contribution in [0.15, 0.2) is 30.3 Å². The lowest BCUT2D eigenvalue weighted by Crippen LogP contribution is -2.24. The summed E-state index contributed by atoms with van der Waals surface area (Å²) in [6.45, 7) is 1.50. The molecule has 1 aromatic heterocycles. The Bertz CT molecular complexity index is 1360. The highest BCUT2D eigenvalue weighted by Gasteiger charge is 2.38. The van der Waals surface area contributed by atoms with Crippen LogP contribution in [0.25, 0.3) is 0 Å². The molecule has 9 nitrogen and oxygen atoms in total. The van der Waals surface area contributed by atoms with E-state index in [4.69, 9.17) is 47.8 Å². The zero-order valence-corrected chi connectivity index (χ0v) is 20.3. The van der Waals surface area contributed by atoms with Gasteiger partial charge in [-0.2, -0.15) is 18.4 Å². The first-order valence-electron chi connectivity index (χ1n) is 9.81. The number of aryl methyl sites for hydroxylation is 1. The van der Waals surface area contributed by atoms with Crippen LogP contribution >= 0.6 is 23.2 Å². The van der Waals surface area contributed by atoms with Crippen LogP contribution in [-0.4, -0.2) is 40.2 Å². The fraction of sp³-hybridized carbons (Fsp3) is 0.182. The number of aromatic amines is 1. The van der Waals surface area contributed by atoms with Crippen LogP contribution in [0, 0.1) is 24.1 Å². The first-order chi connectivity index (χ1) is 17.3. The molecule has 0 spiro atoms. The van der Waals surface area contributed by atoms with E-state index in [1.165, 1.54) is 37.4 Å². The Morgan fingerprint density at radius 3 is 2.35 bits per heavy atom. The molecule has 0 saturated heterocycles. The molecule has 15 heteroatoms. The van der Waals surface area contributed by atoms with Gasteiger partial charge in [0.1, 0.15) is 22.5 Å². The molecule has 0 saturated carbocycles. The standard InChI is InChI=1S/C20H15Cl2FN4O3.C2HF3O2/c1-10-26-17(19(22)27-10)20(28)25-9-12-3-4-15(21)18(16(12)23)30-14-6-11(8-24)5-13(7-14)29-2;3-2(4,5)1(6)7/h3-7H,9H2,1-2H3,(H,25,28)(H,26,27);(H,6,7). The quantitative estimate of drug-likeness (QED) is 0.342. The summed E-state index contributed by atoms with van der Waals surface area (Å²) >= 11 is 12.0. The Kier molecular flexibility index (Phi) is 9.70. The summed E-state index contributed by atoms with van der Waals surface area (Å²) in [5, 5.41) is 18.9. The van der Waals surface area contributed by atoms with E-state index in [9.17, 15) is 18.0 Å². The molecule has 37 heavy (non-hydrogen) atoms. The van der Waals surface area contributed by atoms with Gasteiger partial charge in [-0.15, -0.1) is 0 Å². The molecular formula is C22H16Cl2F4N4O5. The van der Waals surface area contributed by atoms with E-state index < -0.39 is 23.9 Å². The van der Waals surface area contributed by atoms with Gasteiger partial charge in [0.25, 0.3) is 5.91 Å². The van der Waals surface area contributed by atoms with Gasteiger partial charge in [0.2, 0.25) is 0 Å². The van der Waals surface area contributed by atoms with Crippen molar-refractivity contribution in [2.45, 2.75) is 19.6 Å². The smallest absolute Gasteiger partial charge is 0.490 e. The van der Waals surface area contributed by atoms with Gasteiger partial charge >= 0.3 is 12.1 Å². The molecule has 0 aliphatic rings. The van der Waals surface area contributed by atoms with Crippen molar-refractivity contribution in [3.05, 3.63) is 69.0 Å². The summed E-state index contributed by atoms with van der Waals surface area (Å²) < 4.78 is 57.5. The largest absolute Gasteiger partial charge is 0.497 e. The van der Waals surface area contributed by atoms with Crippen LogP contribution in [-0.2, 0) is 11.3 Å². The molecular weight excluding hydrogens is 547 g/mol. The highest BCUT2D eigenvalue weighted by atomic mass is 35.5. The molecule has 1 heterocycles. The number of carbonyl (C=O) groups excluding carboxylic acids is 1. The number of ether oxygens (including phenoxy) is 2. The number of benzene rings is 2. The number of alkyl halides is 3. The van der Waals surface area contributed by atoms with Crippen molar-refractivity contribution in [2.75, 3.05) is 7.11 Å². The number of carboxylic acid groups (broad SMARTS) is 1. The van der Waals surface area contributed by atoms with Crippen LogP contribution in [0.5, 0.6) is 17.2 Å². The average molecular weight is 563 g/mol. The van der Waals surface area contributed by atoms with Gasteiger partial charge in [-0.05, 0) is 25.1 Å². The SMILES string of the molecule is COc1cc(C#N)cc(Oc2c(Cl)ccc(CNC(=O)c3nc(C)[nH]c3Cl)c2F)c1.O=C(O)C(F)(F)F. The molecule has 196 valence electrons. The lowest BCUT2D eigenvalue weighted by Gasteiger charge is -2.13. The van der Waals surface area contributed by atoms with E-state index in [1.54, 1.807) is 6.92 Å². The summed E-state index contributed by atoms with van der Waals surface area (Å²) in [6.07, 6.45) is -5.08. The fourth-order valence-electron chi connectivity index (χ4n) is 2.61. The van der Waals surface area contributed by atoms with Gasteiger partial charge in [-0.25, -0.2) is 14.2 Å². The zero-order chi connectivity index (χ0) is 27.9. The van der Waals surface area contributed by atoms with E-state index in [-0.39, 0.29) is 45.0 Å². The first-order valence-corrected chi connectivity index (χ1v) is 10.6. The van der Waals surface area contributed by atoms with Gasteiger partial charge in [0, 0.05) is 18.2 Å². The zero-order valence-electron chi connectivity index (χ0n) is 18.8. The third kappa shape index (κ3) is 7.99. The summed E-state index contributed by atoms with van der Waals surface area (Å²) in [4.78, 5) is 27.8. The molecule has 0 aliphatic heterocycles. The molecule has 3 N–H and O–H groups in total. The summed E-state index contributed by atoms with van der Waals surface area (Å²) in [5.74, 6) is -3.29. The number of hydrogen-bond acceptors (Lipinski definition) is 6. The first kappa shape index (κ1) is 29.2. The Morgan fingerprint density at radius 1 is 1.22 bits per heavy atom. The maximum Gasteiger partial charge on any atom is 0.490 e. The van der Waals surface area contributed by atoms with E-state index in [0.717, 1.165) is 0 Å². The number of halogens is 6. The number of aromatic nitrogens is 2. The van der Waals surface area contributed by atoms with Crippen molar-refractivity contribution in [1.82, 2.24) is 15.3 Å². The minimum absolute atomic E-state index is 0.0143. The van der Waals surface area contributed by atoms with Gasteiger partial charge in [0.05, 0.1) is 23.8 Å². The number of carboxylic acids is 1.